The van der Waals surface area contributed by atoms with Crippen molar-refractivity contribution >= 4 is 12.1 Å². The molecule has 24 heavy (non-hydrogen) atoms. The van der Waals surface area contributed by atoms with E-state index in [0.29, 0.717) is 19.3 Å². The molecule has 132 valence electrons. The number of hydrogen-bond acceptors (Lipinski definition) is 4. The standard InChI is InChI=1S/C18H25NO5/c1-2-16(20)15-10-6-9-14(11-17(21)22)19(15)18(23)24-12-13-7-4-3-5-8-13/h3-5,7-8,14-16,20H,2,6,9-12H2,1H3,(H,21,22)/t14-,15+,16-/m1/s1. The second kappa shape index (κ2) is 8.68. The summed E-state index contributed by atoms with van der Waals surface area (Å²) < 4.78 is 5.39. The molecule has 3 atom stereocenters. The van der Waals surface area contributed by atoms with E-state index in [2.05, 4.69) is 0 Å². The fourth-order valence-electron chi connectivity index (χ4n) is 3.24. The summed E-state index contributed by atoms with van der Waals surface area (Å²) in [4.78, 5) is 25.2. The molecule has 6 heteroatoms. The number of ether oxygens (including phenoxy) is 1. The quantitative estimate of drug-likeness (QED) is 0.835. The van der Waals surface area contributed by atoms with Gasteiger partial charge in [0.25, 0.3) is 0 Å². The van der Waals surface area contributed by atoms with Crippen molar-refractivity contribution in [2.45, 2.75) is 63.8 Å². The fraction of sp³-hybridized carbons (Fsp3) is 0.556. The molecule has 1 aromatic rings. The molecule has 1 aliphatic heterocycles. The van der Waals surface area contributed by atoms with Crippen LogP contribution in [0.1, 0.15) is 44.6 Å². The van der Waals surface area contributed by atoms with Gasteiger partial charge in [0.2, 0.25) is 0 Å². The average molecular weight is 335 g/mol. The molecule has 0 bridgehead atoms. The molecule has 1 aliphatic rings. The summed E-state index contributed by atoms with van der Waals surface area (Å²) in [6, 6.07) is 8.49. The van der Waals surface area contributed by atoms with Gasteiger partial charge in [-0.25, -0.2) is 4.79 Å². The van der Waals surface area contributed by atoms with Crippen molar-refractivity contribution < 1.29 is 24.5 Å². The van der Waals surface area contributed by atoms with Gasteiger partial charge in [0.05, 0.1) is 18.6 Å². The van der Waals surface area contributed by atoms with Gasteiger partial charge in [-0.3, -0.25) is 9.69 Å². The van der Waals surface area contributed by atoms with Gasteiger partial charge in [-0.2, -0.15) is 0 Å². The zero-order valence-electron chi connectivity index (χ0n) is 13.9. The lowest BCUT2D eigenvalue weighted by Gasteiger charge is -2.42. The second-order valence-electron chi connectivity index (χ2n) is 6.17. The average Bonchev–Trinajstić information content (AvgIpc) is 2.59. The van der Waals surface area contributed by atoms with Gasteiger partial charge in [0, 0.05) is 6.04 Å². The van der Waals surface area contributed by atoms with E-state index in [-0.39, 0.29) is 13.0 Å². The van der Waals surface area contributed by atoms with Crippen molar-refractivity contribution in [3.05, 3.63) is 35.9 Å². The van der Waals surface area contributed by atoms with Crippen molar-refractivity contribution in [1.29, 1.82) is 0 Å². The number of piperidine rings is 1. The molecule has 2 N–H and O–H groups in total. The maximum atomic E-state index is 12.6. The van der Waals surface area contributed by atoms with Crippen LogP contribution in [0, 0.1) is 0 Å². The highest BCUT2D eigenvalue weighted by Gasteiger charge is 2.39. The van der Waals surface area contributed by atoms with Gasteiger partial charge < -0.3 is 14.9 Å². The van der Waals surface area contributed by atoms with Crippen molar-refractivity contribution in [3.8, 4) is 0 Å². The van der Waals surface area contributed by atoms with Crippen molar-refractivity contribution in [1.82, 2.24) is 4.90 Å². The van der Waals surface area contributed by atoms with E-state index in [1.165, 1.54) is 4.90 Å². The van der Waals surface area contributed by atoms with Gasteiger partial charge in [0.1, 0.15) is 6.61 Å². The number of carboxylic acid groups (broad SMARTS) is 1. The minimum Gasteiger partial charge on any atom is -0.481 e. The van der Waals surface area contributed by atoms with Gasteiger partial charge in [-0.1, -0.05) is 37.3 Å². The molecule has 0 aromatic heterocycles. The van der Waals surface area contributed by atoms with E-state index in [1.807, 2.05) is 37.3 Å². The monoisotopic (exact) mass is 335 g/mol. The number of amides is 1. The third kappa shape index (κ3) is 4.71. The Labute approximate surface area is 142 Å². The number of aliphatic carboxylic acids is 1. The summed E-state index contributed by atoms with van der Waals surface area (Å²) in [5.41, 5.74) is 0.866. The first-order valence-corrected chi connectivity index (χ1v) is 8.41. The number of aliphatic hydroxyl groups excluding tert-OH is 1. The molecule has 2 rings (SSSR count). The van der Waals surface area contributed by atoms with Crippen molar-refractivity contribution in [2.24, 2.45) is 0 Å². The van der Waals surface area contributed by atoms with Crippen LogP contribution in [0.15, 0.2) is 30.3 Å². The zero-order valence-corrected chi connectivity index (χ0v) is 13.9. The third-order valence-electron chi connectivity index (χ3n) is 4.48. The zero-order chi connectivity index (χ0) is 17.5. The molecule has 0 unspecified atom stereocenters. The largest absolute Gasteiger partial charge is 0.481 e. The fourth-order valence-corrected chi connectivity index (χ4v) is 3.24. The van der Waals surface area contributed by atoms with Crippen molar-refractivity contribution in [2.75, 3.05) is 0 Å². The van der Waals surface area contributed by atoms with Crippen LogP contribution in [-0.2, 0) is 16.1 Å². The van der Waals surface area contributed by atoms with Crippen LogP contribution < -0.4 is 0 Å². The topological polar surface area (TPSA) is 87.1 Å². The first-order valence-electron chi connectivity index (χ1n) is 8.41. The molecule has 0 aliphatic carbocycles. The molecule has 1 saturated heterocycles. The number of carbonyl (C=O) groups is 2. The first-order chi connectivity index (χ1) is 11.5. The van der Waals surface area contributed by atoms with Gasteiger partial charge in [-0.05, 0) is 31.2 Å². The van der Waals surface area contributed by atoms with Crippen LogP contribution in [0.5, 0.6) is 0 Å². The molecule has 1 amide bonds. The lowest BCUT2D eigenvalue weighted by Crippen LogP contribution is -2.55. The normalized spacial score (nSPS) is 22.0. The lowest BCUT2D eigenvalue weighted by atomic mass is 9.90. The van der Waals surface area contributed by atoms with Gasteiger partial charge in [-0.15, -0.1) is 0 Å². The maximum Gasteiger partial charge on any atom is 0.410 e. The number of rotatable bonds is 6. The third-order valence-corrected chi connectivity index (χ3v) is 4.48. The number of nitrogens with zero attached hydrogens (tertiary/aromatic N) is 1. The summed E-state index contributed by atoms with van der Waals surface area (Å²) in [6.45, 7) is 1.98. The Kier molecular flexibility index (Phi) is 6.61. The molecule has 1 heterocycles. The molecule has 0 radical (unpaired) electrons. The second-order valence-corrected chi connectivity index (χ2v) is 6.17. The smallest absolute Gasteiger partial charge is 0.410 e. The van der Waals surface area contributed by atoms with E-state index in [9.17, 15) is 14.7 Å². The highest BCUT2D eigenvalue weighted by atomic mass is 16.6. The Balaban J connectivity index is 2.10. The van der Waals surface area contributed by atoms with E-state index in [4.69, 9.17) is 9.84 Å². The molecule has 1 aromatic carbocycles. The SMILES string of the molecule is CC[C@@H](O)[C@@H]1CCC[C@H](CC(=O)O)N1C(=O)OCc1ccccc1. The molecule has 0 saturated carbocycles. The maximum absolute atomic E-state index is 12.6. The van der Waals surface area contributed by atoms with Crippen LogP contribution in [0.25, 0.3) is 0 Å². The Morgan fingerprint density at radius 1 is 1.29 bits per heavy atom. The van der Waals surface area contributed by atoms with E-state index in [0.717, 1.165) is 12.0 Å². The minimum absolute atomic E-state index is 0.130. The van der Waals surface area contributed by atoms with E-state index < -0.39 is 30.3 Å². The highest BCUT2D eigenvalue weighted by molar-refractivity contribution is 5.72. The first kappa shape index (κ1) is 18.3. The molecule has 6 nitrogen and oxygen atoms in total. The molecule has 0 spiro atoms. The number of benzene rings is 1. The number of aliphatic hydroxyl groups is 1. The van der Waals surface area contributed by atoms with Crippen LogP contribution >= 0.6 is 0 Å². The summed E-state index contributed by atoms with van der Waals surface area (Å²) in [6.07, 6.45) is 1.21. The molecular formula is C18H25NO5. The number of likely N-dealkylation sites (tertiary alicyclic amines) is 1. The number of hydrogen-bond donors (Lipinski definition) is 2. The Bertz CT molecular complexity index is 548. The van der Waals surface area contributed by atoms with Gasteiger partial charge >= 0.3 is 12.1 Å². The van der Waals surface area contributed by atoms with Gasteiger partial charge in [0.15, 0.2) is 0 Å². The van der Waals surface area contributed by atoms with Crippen LogP contribution in [0.3, 0.4) is 0 Å². The van der Waals surface area contributed by atoms with Crippen LogP contribution in [-0.4, -0.2) is 45.4 Å². The molecule has 1 fully saturated rings. The summed E-state index contributed by atoms with van der Waals surface area (Å²) in [5.74, 6) is -0.951. The number of carbonyl (C=O) groups excluding carboxylic acids is 1. The summed E-state index contributed by atoms with van der Waals surface area (Å²) in [7, 11) is 0. The summed E-state index contributed by atoms with van der Waals surface area (Å²) in [5, 5.41) is 19.4. The summed E-state index contributed by atoms with van der Waals surface area (Å²) >= 11 is 0. The Hall–Kier alpha value is -2.08. The lowest BCUT2D eigenvalue weighted by molar-refractivity contribution is -0.139. The number of carboxylic acids is 1. The predicted octanol–water partition coefficient (Wildman–Crippen LogP) is 2.79. The highest BCUT2D eigenvalue weighted by Crippen LogP contribution is 2.29. The predicted molar refractivity (Wildman–Crippen MR) is 88.4 cm³/mol. The Morgan fingerprint density at radius 3 is 2.62 bits per heavy atom. The Morgan fingerprint density at radius 2 is 2.00 bits per heavy atom. The van der Waals surface area contributed by atoms with Crippen LogP contribution in [0.2, 0.25) is 0 Å². The van der Waals surface area contributed by atoms with Crippen molar-refractivity contribution in [3.63, 3.8) is 0 Å². The minimum atomic E-state index is -0.951. The van der Waals surface area contributed by atoms with E-state index >= 15 is 0 Å². The van der Waals surface area contributed by atoms with E-state index in [1.54, 1.807) is 0 Å². The van der Waals surface area contributed by atoms with Crippen LogP contribution in [0.4, 0.5) is 4.79 Å². The molecular weight excluding hydrogens is 310 g/mol.